The van der Waals surface area contributed by atoms with Gasteiger partial charge in [-0.1, -0.05) is 89.7 Å². The fourth-order valence-corrected chi connectivity index (χ4v) is 8.12. The Morgan fingerprint density at radius 1 is 0.927 bits per heavy atom. The number of imide groups is 1. The van der Waals surface area contributed by atoms with Crippen LogP contribution in [-0.2, 0) is 15.0 Å². The van der Waals surface area contributed by atoms with Crippen LogP contribution in [0.25, 0.3) is 10.2 Å². The second kappa shape index (κ2) is 8.83. The van der Waals surface area contributed by atoms with E-state index in [4.69, 9.17) is 16.7 Å². The molecule has 0 unspecified atom stereocenters. The number of aryl methyl sites for hydroxylation is 1. The van der Waals surface area contributed by atoms with E-state index in [1.54, 1.807) is 12.1 Å². The van der Waals surface area contributed by atoms with Crippen LogP contribution in [0.5, 0.6) is 0 Å². The van der Waals surface area contributed by atoms with E-state index >= 15 is 0 Å². The predicted molar refractivity (Wildman–Crippen MR) is 163 cm³/mol. The van der Waals surface area contributed by atoms with Crippen LogP contribution in [-0.4, -0.2) is 23.0 Å². The van der Waals surface area contributed by atoms with Crippen molar-refractivity contribution in [1.82, 2.24) is 4.98 Å². The van der Waals surface area contributed by atoms with Crippen molar-refractivity contribution in [3.8, 4) is 0 Å². The van der Waals surface area contributed by atoms with Crippen molar-refractivity contribution in [3.05, 3.63) is 124 Å². The van der Waals surface area contributed by atoms with Crippen LogP contribution < -0.4 is 10.3 Å². The highest BCUT2D eigenvalue weighted by Gasteiger charge is 2.68. The fraction of sp³-hybridized carbons (Fsp3) is 0.152. The Bertz CT molecular complexity index is 1870. The van der Waals surface area contributed by atoms with Gasteiger partial charge in [0, 0.05) is 17.2 Å². The van der Waals surface area contributed by atoms with Gasteiger partial charge in [-0.3, -0.25) is 15.0 Å². The van der Waals surface area contributed by atoms with E-state index in [9.17, 15) is 9.59 Å². The summed E-state index contributed by atoms with van der Waals surface area (Å²) in [6, 6.07) is 29.6. The molecule has 1 aliphatic heterocycles. The van der Waals surface area contributed by atoms with Gasteiger partial charge in [0.1, 0.15) is 0 Å². The third-order valence-corrected chi connectivity index (χ3v) is 10.2. The largest absolute Gasteiger partial charge is 0.274 e. The third-order valence-electron chi connectivity index (χ3n) is 8.82. The van der Waals surface area contributed by atoms with E-state index in [0.29, 0.717) is 15.8 Å². The lowest BCUT2D eigenvalue weighted by atomic mass is 9.47. The Labute approximate surface area is 245 Å². The summed E-state index contributed by atoms with van der Waals surface area (Å²) in [5, 5.41) is 5.92. The van der Waals surface area contributed by atoms with Crippen molar-refractivity contribution >= 4 is 62.0 Å². The minimum Gasteiger partial charge on any atom is -0.274 e. The number of aromatic nitrogens is 1. The maximum absolute atomic E-state index is 14.5. The smallest absolute Gasteiger partial charge is 0.239 e. The monoisotopic (exact) mass is 574 g/mol. The zero-order chi connectivity index (χ0) is 27.9. The number of amides is 2. The number of anilines is 2. The van der Waals surface area contributed by atoms with E-state index in [1.165, 1.54) is 16.2 Å². The number of thiazole rings is 1. The molecule has 0 spiro atoms. The molecule has 2 atom stereocenters. The van der Waals surface area contributed by atoms with Gasteiger partial charge in [0.25, 0.3) is 0 Å². The van der Waals surface area contributed by atoms with Gasteiger partial charge >= 0.3 is 0 Å². The number of nitrogens with one attached hydrogen (secondary N) is 1. The highest BCUT2D eigenvalue weighted by molar-refractivity contribution is 7.22. The average Bonchev–Trinajstić information content (AvgIpc) is 3.53. The van der Waals surface area contributed by atoms with Crippen LogP contribution in [0.15, 0.2) is 96.1 Å². The van der Waals surface area contributed by atoms with Crippen molar-refractivity contribution in [2.24, 2.45) is 16.9 Å². The number of nitrogens with zero attached hydrogens (tertiary/aromatic N) is 3. The normalized spacial score (nSPS) is 24.1. The van der Waals surface area contributed by atoms with Crippen LogP contribution in [0.1, 0.15) is 33.7 Å². The molecular formula is C33H23ClN4O2S. The molecule has 4 aromatic carbocycles. The number of hydrogen-bond acceptors (Lipinski definition) is 6. The predicted octanol–water partition coefficient (Wildman–Crippen LogP) is 6.91. The van der Waals surface area contributed by atoms with Gasteiger partial charge in [-0.2, -0.15) is 5.10 Å². The molecule has 8 heteroatoms. The molecule has 3 aliphatic carbocycles. The molecule has 4 aliphatic rings. The first-order valence-corrected chi connectivity index (χ1v) is 14.7. The van der Waals surface area contributed by atoms with Crippen molar-refractivity contribution in [3.63, 3.8) is 0 Å². The molecule has 0 radical (unpaired) electrons. The molecule has 1 saturated heterocycles. The van der Waals surface area contributed by atoms with Crippen LogP contribution in [0, 0.1) is 18.8 Å². The number of fused-ring (bicyclic) bond motifs is 1. The Balaban J connectivity index is 1.32. The molecule has 1 aromatic heterocycles. The second-order valence-electron chi connectivity index (χ2n) is 10.8. The Morgan fingerprint density at radius 2 is 1.61 bits per heavy atom. The zero-order valence-corrected chi connectivity index (χ0v) is 23.5. The molecule has 6 nitrogen and oxygen atoms in total. The van der Waals surface area contributed by atoms with E-state index in [2.05, 4.69) is 34.7 Å². The molecular weight excluding hydrogens is 552 g/mol. The van der Waals surface area contributed by atoms with E-state index in [1.807, 2.05) is 67.7 Å². The topological polar surface area (TPSA) is 74.7 Å². The second-order valence-corrected chi connectivity index (χ2v) is 12.3. The number of hydrogen-bond donors (Lipinski definition) is 1. The lowest BCUT2D eigenvalue weighted by Crippen LogP contribution is -2.54. The summed E-state index contributed by atoms with van der Waals surface area (Å²) in [6.45, 7) is 1.90. The Kier molecular flexibility index (Phi) is 5.27. The first-order valence-electron chi connectivity index (χ1n) is 13.5. The van der Waals surface area contributed by atoms with Crippen LogP contribution >= 0.6 is 22.9 Å². The summed E-state index contributed by atoms with van der Waals surface area (Å²) >= 11 is 7.97. The van der Waals surface area contributed by atoms with Crippen molar-refractivity contribution in [2.45, 2.75) is 18.3 Å². The number of hydrazone groups is 1. The first-order chi connectivity index (χ1) is 20.0. The van der Waals surface area contributed by atoms with Gasteiger partial charge in [0.2, 0.25) is 16.9 Å². The molecule has 1 fully saturated rings. The number of para-hydroxylation sites is 1. The standard InChI is InChI=1S/C33H23ClN4O2S/c1-18-14-15-19(16-24(18)34)38-30(39)28-27-20-8-2-4-10-22(20)33(29(28)31(38)40,23-11-5-3-9-21(23)27)17-35-37-32-36-25-12-6-7-13-26(25)41-32/h2-17,27-29H,1H3,(H,36,37)/b35-17-/t27?,28-,29+,33?/m0/s1. The quantitative estimate of drug-likeness (QED) is 0.144. The summed E-state index contributed by atoms with van der Waals surface area (Å²) in [6.07, 6.45) is 1.83. The van der Waals surface area contributed by atoms with Crippen molar-refractivity contribution in [2.75, 3.05) is 10.3 Å². The molecule has 0 saturated carbocycles. The lowest BCUT2D eigenvalue weighted by Gasteiger charge is -2.52. The van der Waals surface area contributed by atoms with Gasteiger partial charge in [0.05, 0.1) is 33.2 Å². The van der Waals surface area contributed by atoms with Crippen LogP contribution in [0.4, 0.5) is 10.8 Å². The van der Waals surface area contributed by atoms with Gasteiger partial charge in [-0.25, -0.2) is 9.88 Å². The summed E-state index contributed by atoms with van der Waals surface area (Å²) in [5.41, 5.74) is 8.58. The molecule has 1 N–H and O–H groups in total. The first kappa shape index (κ1) is 24.5. The van der Waals surface area contributed by atoms with Gasteiger partial charge in [-0.15, -0.1) is 0 Å². The SMILES string of the molecule is Cc1ccc(N2C(=O)[C@H]3C4c5ccccc5C(/C=N\Nc5nc6ccccc6s5)(c5ccccc54)[C@H]3C2=O)cc1Cl. The molecule has 2 amide bonds. The van der Waals surface area contributed by atoms with Gasteiger partial charge in [0.15, 0.2) is 0 Å². The minimum absolute atomic E-state index is 0.203. The molecule has 9 rings (SSSR count). The minimum atomic E-state index is -0.952. The number of benzene rings is 4. The fourth-order valence-electron chi connectivity index (χ4n) is 7.13. The van der Waals surface area contributed by atoms with Gasteiger partial charge < -0.3 is 0 Å². The zero-order valence-electron chi connectivity index (χ0n) is 21.9. The van der Waals surface area contributed by atoms with Crippen LogP contribution in [0.2, 0.25) is 5.02 Å². The van der Waals surface area contributed by atoms with Crippen molar-refractivity contribution in [1.29, 1.82) is 0 Å². The summed E-state index contributed by atoms with van der Waals surface area (Å²) in [4.78, 5) is 34.8. The molecule has 5 aromatic rings. The Hall–Kier alpha value is -4.33. The summed E-state index contributed by atoms with van der Waals surface area (Å²) < 4.78 is 1.06. The average molecular weight is 575 g/mol. The highest BCUT2D eigenvalue weighted by Crippen LogP contribution is 2.63. The number of carbonyl (C=O) groups excluding carboxylic acids is 2. The van der Waals surface area contributed by atoms with E-state index in [0.717, 1.165) is 38.0 Å². The highest BCUT2D eigenvalue weighted by atomic mass is 35.5. The maximum atomic E-state index is 14.5. The molecule has 200 valence electrons. The lowest BCUT2D eigenvalue weighted by molar-refractivity contribution is -0.122. The number of carbonyl (C=O) groups is 2. The van der Waals surface area contributed by atoms with Crippen LogP contribution in [0.3, 0.4) is 0 Å². The Morgan fingerprint density at radius 3 is 2.32 bits per heavy atom. The number of rotatable bonds is 4. The number of halogens is 1. The van der Waals surface area contributed by atoms with Crippen molar-refractivity contribution < 1.29 is 9.59 Å². The van der Waals surface area contributed by atoms with E-state index < -0.39 is 17.3 Å². The summed E-state index contributed by atoms with van der Waals surface area (Å²) in [7, 11) is 0. The maximum Gasteiger partial charge on any atom is 0.239 e. The van der Waals surface area contributed by atoms with Gasteiger partial charge in [-0.05, 0) is 59.0 Å². The summed E-state index contributed by atoms with van der Waals surface area (Å²) in [5.74, 6) is -1.90. The molecule has 2 heterocycles. The third kappa shape index (κ3) is 3.30. The molecule has 2 bridgehead atoms. The van der Waals surface area contributed by atoms with E-state index in [-0.39, 0.29) is 17.7 Å². The molecule has 41 heavy (non-hydrogen) atoms.